The van der Waals surface area contributed by atoms with E-state index in [9.17, 15) is 8.42 Å². The Kier molecular flexibility index (Phi) is 3.26. The monoisotopic (exact) mass is 321 g/mol. The summed E-state index contributed by atoms with van der Waals surface area (Å²) >= 11 is -2.08. The quantitative estimate of drug-likeness (QED) is 0.765. The second kappa shape index (κ2) is 3.81. The average Bonchev–Trinajstić information content (AvgIpc) is 2.01. The Bertz CT molecular complexity index is 417. The van der Waals surface area contributed by atoms with Crippen LogP contribution in [0.2, 0.25) is 14.8 Å². The van der Waals surface area contributed by atoms with Crippen LogP contribution in [0.4, 0.5) is 0 Å². The Morgan fingerprint density at radius 2 is 1.79 bits per heavy atom. The summed E-state index contributed by atoms with van der Waals surface area (Å²) in [4.78, 5) is 10.8. The molecule has 0 saturated carbocycles. The van der Waals surface area contributed by atoms with Crippen LogP contribution in [-0.2, 0) is 9.84 Å². The number of rotatable bonds is 2. The molecule has 0 bridgehead atoms. The number of nitrogens with zero attached hydrogens (tertiary/aromatic N) is 1. The molecule has 0 aliphatic heterocycles. The van der Waals surface area contributed by atoms with Gasteiger partial charge in [0.05, 0.1) is 0 Å². The summed E-state index contributed by atoms with van der Waals surface area (Å²) < 4.78 is 23.5. The summed E-state index contributed by atoms with van der Waals surface area (Å²) in [6, 6.07) is 3.51. The van der Waals surface area contributed by atoms with Crippen molar-refractivity contribution in [3.63, 3.8) is 0 Å². The Morgan fingerprint density at radius 1 is 1.21 bits per heavy atom. The van der Waals surface area contributed by atoms with Crippen LogP contribution in [0.15, 0.2) is 23.4 Å². The molecule has 5 heteroatoms. The molecule has 0 N–H and O–H groups in total. The van der Waals surface area contributed by atoms with Crippen molar-refractivity contribution in [2.75, 3.05) is 6.26 Å². The van der Waals surface area contributed by atoms with Crippen LogP contribution < -0.4 is 3.58 Å². The van der Waals surface area contributed by atoms with Crippen molar-refractivity contribution in [2.24, 2.45) is 0 Å². The molecule has 1 heterocycles. The normalized spacial score (nSPS) is 12.9. The fourth-order valence-electron chi connectivity index (χ4n) is 1.04. The third-order valence-electron chi connectivity index (χ3n) is 1.98. The molecular formula is C9H15NO2SSn. The zero-order valence-electron chi connectivity index (χ0n) is 8.90. The molecule has 0 unspecified atom stereocenters. The van der Waals surface area contributed by atoms with Crippen molar-refractivity contribution in [2.45, 2.75) is 19.8 Å². The van der Waals surface area contributed by atoms with Gasteiger partial charge < -0.3 is 0 Å². The van der Waals surface area contributed by atoms with Gasteiger partial charge in [-0.3, -0.25) is 0 Å². The molecule has 1 aromatic heterocycles. The van der Waals surface area contributed by atoms with Crippen LogP contribution >= 0.6 is 0 Å². The third kappa shape index (κ3) is 2.95. The van der Waals surface area contributed by atoms with Crippen molar-refractivity contribution in [1.82, 2.24) is 4.98 Å². The molecule has 3 nitrogen and oxygen atoms in total. The first kappa shape index (κ1) is 12.0. The van der Waals surface area contributed by atoms with Gasteiger partial charge in [-0.1, -0.05) is 0 Å². The second-order valence-corrected chi connectivity index (χ2v) is 20.9. The molecule has 0 fully saturated rings. The van der Waals surface area contributed by atoms with Crippen molar-refractivity contribution < 1.29 is 8.42 Å². The first-order valence-electron chi connectivity index (χ1n) is 4.38. The van der Waals surface area contributed by atoms with Gasteiger partial charge in [-0.2, -0.15) is 0 Å². The molecule has 0 saturated heterocycles. The molecule has 78 valence electrons. The van der Waals surface area contributed by atoms with E-state index in [2.05, 4.69) is 19.8 Å². The molecule has 0 atom stereocenters. The number of sulfone groups is 1. The number of aromatic nitrogens is 1. The maximum absolute atomic E-state index is 11.1. The van der Waals surface area contributed by atoms with E-state index < -0.39 is 28.2 Å². The third-order valence-corrected chi connectivity index (χ3v) is 8.77. The topological polar surface area (TPSA) is 47.0 Å². The summed E-state index contributed by atoms with van der Waals surface area (Å²) in [6.07, 6.45) is 2.89. The van der Waals surface area contributed by atoms with Gasteiger partial charge in [-0.25, -0.2) is 0 Å². The van der Waals surface area contributed by atoms with Crippen LogP contribution in [0.5, 0.6) is 0 Å². The van der Waals surface area contributed by atoms with Crippen molar-refractivity contribution >= 4 is 31.8 Å². The molecule has 0 spiro atoms. The predicted molar refractivity (Wildman–Crippen MR) is 60.3 cm³/mol. The minimum atomic E-state index is -3.15. The van der Waals surface area contributed by atoms with Crippen molar-refractivity contribution in [3.8, 4) is 0 Å². The van der Waals surface area contributed by atoms with Crippen LogP contribution in [0.25, 0.3) is 0 Å². The van der Waals surface area contributed by atoms with Crippen LogP contribution in [0.1, 0.15) is 0 Å². The number of hydrogen-bond acceptors (Lipinski definition) is 3. The van der Waals surface area contributed by atoms with Gasteiger partial charge in [0, 0.05) is 0 Å². The van der Waals surface area contributed by atoms with Gasteiger partial charge in [-0.05, 0) is 0 Å². The zero-order valence-corrected chi connectivity index (χ0v) is 12.6. The summed E-state index contributed by atoms with van der Waals surface area (Å²) in [5, 5.41) is 0.164. The van der Waals surface area contributed by atoms with E-state index in [1.807, 2.05) is 6.07 Å². The van der Waals surface area contributed by atoms with Gasteiger partial charge in [-0.15, -0.1) is 0 Å². The SMILES string of the molecule is CS(=O)(=O)c1cc[c]([Sn]([CH3])([CH3])[CH3])cn1. The second-order valence-electron chi connectivity index (χ2n) is 4.41. The van der Waals surface area contributed by atoms with Gasteiger partial charge in [0.1, 0.15) is 0 Å². The molecule has 14 heavy (non-hydrogen) atoms. The van der Waals surface area contributed by atoms with Crippen LogP contribution in [0, 0.1) is 0 Å². The van der Waals surface area contributed by atoms with E-state index in [1.54, 1.807) is 12.3 Å². The molecule has 1 rings (SSSR count). The molecule has 0 aliphatic carbocycles. The molecular weight excluding hydrogens is 305 g/mol. The minimum absolute atomic E-state index is 0.164. The van der Waals surface area contributed by atoms with E-state index in [0.717, 1.165) is 0 Å². The van der Waals surface area contributed by atoms with E-state index in [4.69, 9.17) is 0 Å². The Balaban J connectivity index is 3.14. The molecule has 1 aromatic rings. The Labute approximate surface area is 89.4 Å². The van der Waals surface area contributed by atoms with Crippen LogP contribution in [0.3, 0.4) is 0 Å². The van der Waals surface area contributed by atoms with Gasteiger partial charge in [0.15, 0.2) is 0 Å². The van der Waals surface area contributed by atoms with Gasteiger partial charge >= 0.3 is 89.6 Å². The van der Waals surface area contributed by atoms with E-state index in [0.29, 0.717) is 0 Å². The first-order chi connectivity index (χ1) is 6.21. The summed E-state index contributed by atoms with van der Waals surface area (Å²) in [6.45, 7) is 0. The standard InChI is InChI=1S/C6H6NO2S.3CH3.Sn/c1-10(8,9)6-4-2-3-5-7-6;;;;/h2,4-5H,1H3;3*1H3;. The van der Waals surface area contributed by atoms with Crippen LogP contribution in [-0.4, -0.2) is 38.0 Å². The summed E-state index contributed by atoms with van der Waals surface area (Å²) in [7, 11) is -3.15. The number of hydrogen-bond donors (Lipinski definition) is 0. The molecule has 0 aliphatic rings. The fraction of sp³-hybridized carbons (Fsp3) is 0.444. The average molecular weight is 320 g/mol. The fourth-order valence-corrected chi connectivity index (χ4v) is 4.56. The molecule has 0 aromatic carbocycles. The van der Waals surface area contributed by atoms with Crippen molar-refractivity contribution in [3.05, 3.63) is 18.3 Å². The summed E-state index contributed by atoms with van der Waals surface area (Å²) in [5.74, 6) is 0. The van der Waals surface area contributed by atoms with E-state index in [1.165, 1.54) is 9.84 Å². The molecule has 0 amide bonds. The van der Waals surface area contributed by atoms with E-state index in [-0.39, 0.29) is 5.03 Å². The Morgan fingerprint density at radius 3 is 2.07 bits per heavy atom. The predicted octanol–water partition coefficient (Wildman–Crippen LogP) is 1.03. The summed E-state index contributed by atoms with van der Waals surface area (Å²) in [5.41, 5.74) is 0. The Hall–Kier alpha value is -0.101. The zero-order chi connectivity index (χ0) is 11.0. The molecule has 0 radical (unpaired) electrons. The first-order valence-corrected chi connectivity index (χ1v) is 16.3. The van der Waals surface area contributed by atoms with Crippen molar-refractivity contribution in [1.29, 1.82) is 0 Å². The number of pyridine rings is 1. The van der Waals surface area contributed by atoms with Gasteiger partial charge in [0.25, 0.3) is 0 Å². The van der Waals surface area contributed by atoms with E-state index >= 15 is 0 Å². The maximum atomic E-state index is 11.1. The van der Waals surface area contributed by atoms with Gasteiger partial charge in [0.2, 0.25) is 0 Å².